The molecule has 13 heteroatoms. The Morgan fingerprint density at radius 3 is 2.45 bits per heavy atom. The maximum Gasteiger partial charge on any atom is 0.323 e. The van der Waals surface area contributed by atoms with Crippen LogP contribution in [0.1, 0.15) is 50.7 Å². The molecule has 4 aromatic rings. The van der Waals surface area contributed by atoms with Gasteiger partial charge in [-0.3, -0.25) is 14.4 Å². The third-order valence-corrected chi connectivity index (χ3v) is 8.72. The van der Waals surface area contributed by atoms with Crippen LogP contribution in [0, 0.1) is 17.2 Å². The minimum Gasteiger partial charge on any atom is -0.354 e. The molecule has 0 unspecified atom stereocenters. The SMILES string of the molecule is CCC[C@@H](CCCNc1ncc(C#N)c(N2CCN(C(C)=O)CC2)n1)CN(C(=O)NCc1ccccc1)c1ccc(-c2cnn(C)c2)cn1. The second kappa shape index (κ2) is 17.1. The molecule has 13 nitrogen and oxygen atoms in total. The summed E-state index contributed by atoms with van der Waals surface area (Å²) in [6.45, 7) is 7.73. The summed E-state index contributed by atoms with van der Waals surface area (Å²) in [6.07, 6.45) is 10.8. The number of carbonyl (C=O) groups excluding carboxylic acids is 2. The molecule has 49 heavy (non-hydrogen) atoms. The van der Waals surface area contributed by atoms with E-state index in [2.05, 4.69) is 38.7 Å². The van der Waals surface area contributed by atoms with Gasteiger partial charge in [-0.05, 0) is 42.9 Å². The first-order valence-corrected chi connectivity index (χ1v) is 16.9. The third-order valence-electron chi connectivity index (χ3n) is 8.72. The number of urea groups is 1. The van der Waals surface area contributed by atoms with E-state index in [1.165, 1.54) is 0 Å². The van der Waals surface area contributed by atoms with Crippen molar-refractivity contribution in [2.45, 2.75) is 46.1 Å². The van der Waals surface area contributed by atoms with Gasteiger partial charge < -0.3 is 20.4 Å². The molecule has 1 aliphatic rings. The predicted molar refractivity (Wildman–Crippen MR) is 190 cm³/mol. The minimum absolute atomic E-state index is 0.0532. The van der Waals surface area contributed by atoms with Crippen LogP contribution in [-0.4, -0.2) is 80.8 Å². The zero-order valence-corrected chi connectivity index (χ0v) is 28.5. The first kappa shape index (κ1) is 34.8. The number of piperazine rings is 1. The predicted octanol–water partition coefficient (Wildman–Crippen LogP) is 4.84. The number of hydrogen-bond donors (Lipinski definition) is 2. The molecule has 1 aromatic carbocycles. The van der Waals surface area contributed by atoms with Gasteiger partial charge in [0.1, 0.15) is 17.5 Å². The van der Waals surface area contributed by atoms with E-state index in [4.69, 9.17) is 4.98 Å². The molecule has 0 spiro atoms. The first-order valence-electron chi connectivity index (χ1n) is 16.9. The number of aryl methyl sites for hydroxylation is 1. The van der Waals surface area contributed by atoms with Crippen LogP contribution in [0.25, 0.3) is 11.1 Å². The Kier molecular flexibility index (Phi) is 12.1. The number of nitrogens with zero attached hydrogens (tertiary/aromatic N) is 9. The molecule has 3 aromatic heterocycles. The van der Waals surface area contributed by atoms with Crippen molar-refractivity contribution in [3.8, 4) is 17.2 Å². The fraction of sp³-hybridized carbons (Fsp3) is 0.417. The van der Waals surface area contributed by atoms with Gasteiger partial charge in [-0.15, -0.1) is 0 Å². The van der Waals surface area contributed by atoms with Gasteiger partial charge in [0.25, 0.3) is 0 Å². The lowest BCUT2D eigenvalue weighted by molar-refractivity contribution is -0.129. The van der Waals surface area contributed by atoms with Crippen LogP contribution in [0.4, 0.5) is 22.4 Å². The second-order valence-electron chi connectivity index (χ2n) is 12.3. The molecule has 0 aliphatic carbocycles. The van der Waals surface area contributed by atoms with Gasteiger partial charge in [-0.2, -0.15) is 15.3 Å². The molecule has 0 radical (unpaired) electrons. The number of pyridine rings is 1. The first-order chi connectivity index (χ1) is 23.8. The standard InChI is InChI=1S/C36H45N11O2/c1-4-9-29(12-8-15-38-35-40-23-31(20-37)34(43-35)46-18-16-45(17-19-46)27(2)48)25-47(36(49)41-21-28-10-6-5-7-11-28)33-14-13-30(22-39-33)32-24-42-44(3)26-32/h5-7,10-11,13-14,22-24,26,29H,4,8-9,12,15-19,21,25H2,1-3H3,(H,41,49)(H,38,40,43)/t29-/m0/s1. The van der Waals surface area contributed by atoms with Crippen LogP contribution in [0.5, 0.6) is 0 Å². The maximum absolute atomic E-state index is 13.7. The highest BCUT2D eigenvalue weighted by Crippen LogP contribution is 2.24. The van der Waals surface area contributed by atoms with Crippen LogP contribution < -0.4 is 20.4 Å². The zero-order valence-electron chi connectivity index (χ0n) is 28.5. The molecule has 4 heterocycles. The molecule has 2 N–H and O–H groups in total. The Balaban J connectivity index is 1.22. The van der Waals surface area contributed by atoms with Gasteiger partial charge in [-0.25, -0.2) is 14.8 Å². The highest BCUT2D eigenvalue weighted by molar-refractivity contribution is 5.91. The van der Waals surface area contributed by atoms with Gasteiger partial charge in [0.05, 0.1) is 12.4 Å². The number of rotatable bonds is 14. The van der Waals surface area contributed by atoms with Crippen LogP contribution in [0.15, 0.2) is 67.3 Å². The number of nitrogens with one attached hydrogen (secondary N) is 2. The van der Waals surface area contributed by atoms with Crippen molar-refractivity contribution in [1.82, 2.24) is 34.9 Å². The number of benzene rings is 1. The van der Waals surface area contributed by atoms with Crippen LogP contribution in [0.3, 0.4) is 0 Å². The molecule has 1 aliphatic heterocycles. The van der Waals surface area contributed by atoms with Crippen molar-refractivity contribution >= 4 is 29.5 Å². The van der Waals surface area contributed by atoms with Crippen molar-refractivity contribution in [3.63, 3.8) is 0 Å². The molecular formula is C36H45N11O2. The molecule has 256 valence electrons. The summed E-state index contributed by atoms with van der Waals surface area (Å²) in [6, 6.07) is 15.8. The molecule has 1 saturated heterocycles. The van der Waals surface area contributed by atoms with Crippen LogP contribution >= 0.6 is 0 Å². The molecule has 1 fully saturated rings. The number of carbonyl (C=O) groups is 2. The third kappa shape index (κ3) is 9.53. The smallest absolute Gasteiger partial charge is 0.323 e. The number of anilines is 3. The number of aromatic nitrogens is 5. The van der Waals surface area contributed by atoms with E-state index in [1.807, 2.05) is 60.6 Å². The van der Waals surface area contributed by atoms with E-state index in [9.17, 15) is 14.9 Å². The fourth-order valence-corrected chi connectivity index (χ4v) is 6.03. The van der Waals surface area contributed by atoms with E-state index >= 15 is 0 Å². The fourth-order valence-electron chi connectivity index (χ4n) is 6.03. The summed E-state index contributed by atoms with van der Waals surface area (Å²) in [5, 5.41) is 20.4. The number of hydrogen-bond acceptors (Lipinski definition) is 9. The van der Waals surface area contributed by atoms with Gasteiger partial charge >= 0.3 is 6.03 Å². The Labute approximate surface area is 288 Å². The van der Waals surface area contributed by atoms with Crippen molar-refractivity contribution in [1.29, 1.82) is 5.26 Å². The second-order valence-corrected chi connectivity index (χ2v) is 12.3. The van der Waals surface area contributed by atoms with E-state index in [1.54, 1.807) is 40.0 Å². The van der Waals surface area contributed by atoms with E-state index in [-0.39, 0.29) is 17.9 Å². The monoisotopic (exact) mass is 663 g/mol. The van der Waals surface area contributed by atoms with E-state index in [0.29, 0.717) is 69.0 Å². The average Bonchev–Trinajstić information content (AvgIpc) is 3.57. The normalized spacial score (nSPS) is 13.4. The van der Waals surface area contributed by atoms with Gasteiger partial charge in [0, 0.05) is 83.3 Å². The largest absolute Gasteiger partial charge is 0.354 e. The van der Waals surface area contributed by atoms with E-state index < -0.39 is 0 Å². The molecular weight excluding hydrogens is 618 g/mol. The van der Waals surface area contributed by atoms with Crippen molar-refractivity contribution in [3.05, 3.63) is 78.4 Å². The highest BCUT2D eigenvalue weighted by atomic mass is 16.2. The molecule has 5 rings (SSSR count). The summed E-state index contributed by atoms with van der Waals surface area (Å²) >= 11 is 0. The Bertz CT molecular complexity index is 1710. The van der Waals surface area contributed by atoms with Crippen molar-refractivity contribution < 1.29 is 9.59 Å². The molecule has 1 atom stereocenters. The van der Waals surface area contributed by atoms with Gasteiger partial charge in [0.15, 0.2) is 5.82 Å². The van der Waals surface area contributed by atoms with Crippen LogP contribution in [0.2, 0.25) is 0 Å². The van der Waals surface area contributed by atoms with Crippen LogP contribution in [-0.2, 0) is 18.4 Å². The quantitative estimate of drug-likeness (QED) is 0.181. The molecule has 3 amide bonds. The summed E-state index contributed by atoms with van der Waals surface area (Å²) in [5.41, 5.74) is 3.34. The zero-order chi connectivity index (χ0) is 34.6. The lowest BCUT2D eigenvalue weighted by Gasteiger charge is -2.35. The average molecular weight is 664 g/mol. The highest BCUT2D eigenvalue weighted by Gasteiger charge is 2.24. The lowest BCUT2D eigenvalue weighted by atomic mass is 9.97. The maximum atomic E-state index is 13.7. The number of nitriles is 1. The Morgan fingerprint density at radius 1 is 1.00 bits per heavy atom. The molecule has 0 saturated carbocycles. The lowest BCUT2D eigenvalue weighted by Crippen LogP contribution is -2.48. The van der Waals surface area contributed by atoms with Crippen molar-refractivity contribution in [2.75, 3.05) is 54.4 Å². The summed E-state index contributed by atoms with van der Waals surface area (Å²) in [5.74, 6) is 1.95. The van der Waals surface area contributed by atoms with Gasteiger partial charge in [-0.1, -0.05) is 43.7 Å². The summed E-state index contributed by atoms with van der Waals surface area (Å²) in [4.78, 5) is 44.8. The Hall–Kier alpha value is -5.51. The summed E-state index contributed by atoms with van der Waals surface area (Å²) in [7, 11) is 1.88. The Morgan fingerprint density at radius 2 is 1.80 bits per heavy atom. The summed E-state index contributed by atoms with van der Waals surface area (Å²) < 4.78 is 1.75. The minimum atomic E-state index is -0.188. The number of amides is 3. The molecule has 0 bridgehead atoms. The van der Waals surface area contributed by atoms with E-state index in [0.717, 1.165) is 42.4 Å². The van der Waals surface area contributed by atoms with Crippen molar-refractivity contribution in [2.24, 2.45) is 13.0 Å². The van der Waals surface area contributed by atoms with Gasteiger partial charge in [0.2, 0.25) is 11.9 Å². The topological polar surface area (TPSA) is 148 Å².